The minimum atomic E-state index is -0.300. The monoisotopic (exact) mass is 381 g/mol. The van der Waals surface area contributed by atoms with Crippen molar-refractivity contribution in [3.8, 4) is 0 Å². The fourth-order valence-electron chi connectivity index (χ4n) is 3.81. The third kappa shape index (κ3) is 3.98. The third-order valence-corrected chi connectivity index (χ3v) is 5.33. The van der Waals surface area contributed by atoms with Crippen LogP contribution in [0.25, 0.3) is 0 Å². The molecule has 1 saturated heterocycles. The molecule has 0 spiro atoms. The molecule has 0 aliphatic carbocycles. The largest absolute Gasteiger partial charge is 0.379 e. The van der Waals surface area contributed by atoms with Crippen molar-refractivity contribution in [1.29, 1.82) is 0 Å². The summed E-state index contributed by atoms with van der Waals surface area (Å²) in [4.78, 5) is 15.2. The van der Waals surface area contributed by atoms with Crippen LogP contribution in [0, 0.1) is 12.7 Å². The Kier molecular flexibility index (Phi) is 5.50. The van der Waals surface area contributed by atoms with Gasteiger partial charge in [-0.1, -0.05) is 36.4 Å². The minimum Gasteiger partial charge on any atom is -0.379 e. The molecule has 0 aromatic heterocycles. The summed E-state index contributed by atoms with van der Waals surface area (Å²) in [5.41, 5.74) is 3.66. The summed E-state index contributed by atoms with van der Waals surface area (Å²) >= 11 is 0. The molecule has 2 heterocycles. The molecule has 2 aliphatic rings. The maximum Gasteiger partial charge on any atom is 0.257 e. The van der Waals surface area contributed by atoms with Crippen LogP contribution in [0.15, 0.2) is 53.6 Å². The van der Waals surface area contributed by atoms with Crippen LogP contribution in [0.2, 0.25) is 0 Å². The first kappa shape index (κ1) is 18.8. The van der Waals surface area contributed by atoms with Crippen LogP contribution in [0.1, 0.15) is 29.2 Å². The second-order valence-electron chi connectivity index (χ2n) is 7.26. The number of rotatable bonds is 4. The van der Waals surface area contributed by atoms with Crippen molar-refractivity contribution in [3.63, 3.8) is 0 Å². The Bertz CT molecular complexity index is 893. The zero-order valence-corrected chi connectivity index (χ0v) is 16.0. The van der Waals surface area contributed by atoms with Gasteiger partial charge in [-0.2, -0.15) is 5.10 Å². The number of halogens is 1. The number of carbonyl (C=O) groups is 1. The highest BCUT2D eigenvalue weighted by Gasteiger charge is 2.34. The maximum atomic E-state index is 13.7. The molecule has 5 nitrogen and oxygen atoms in total. The number of hydrogen-bond acceptors (Lipinski definition) is 4. The first-order chi connectivity index (χ1) is 13.6. The van der Waals surface area contributed by atoms with E-state index in [1.165, 1.54) is 12.1 Å². The lowest BCUT2D eigenvalue weighted by atomic mass is 9.95. The van der Waals surface area contributed by atoms with Gasteiger partial charge in [0.25, 0.3) is 5.91 Å². The summed E-state index contributed by atoms with van der Waals surface area (Å²) in [5.74, 6) is -0.340. The molecule has 1 unspecified atom stereocenters. The Hall–Kier alpha value is -2.57. The zero-order chi connectivity index (χ0) is 19.5. The SMILES string of the molecule is Cc1ccccc1C1CC(c2cccc(F)c2)=NN1C(=O)CN1CCOCC1. The van der Waals surface area contributed by atoms with E-state index >= 15 is 0 Å². The fourth-order valence-corrected chi connectivity index (χ4v) is 3.81. The average molecular weight is 381 g/mol. The van der Waals surface area contributed by atoms with Crippen molar-refractivity contribution >= 4 is 11.6 Å². The summed E-state index contributed by atoms with van der Waals surface area (Å²) in [6.07, 6.45) is 0.573. The molecule has 1 atom stereocenters. The topological polar surface area (TPSA) is 45.1 Å². The van der Waals surface area contributed by atoms with Crippen LogP contribution < -0.4 is 0 Å². The Morgan fingerprint density at radius 3 is 2.71 bits per heavy atom. The van der Waals surface area contributed by atoms with Gasteiger partial charge in [-0.15, -0.1) is 0 Å². The molecule has 6 heteroatoms. The van der Waals surface area contributed by atoms with Gasteiger partial charge in [-0.3, -0.25) is 9.69 Å². The molecule has 28 heavy (non-hydrogen) atoms. The smallest absolute Gasteiger partial charge is 0.257 e. The highest BCUT2D eigenvalue weighted by atomic mass is 19.1. The van der Waals surface area contributed by atoms with Crippen molar-refractivity contribution in [1.82, 2.24) is 9.91 Å². The van der Waals surface area contributed by atoms with E-state index in [0.29, 0.717) is 26.2 Å². The summed E-state index contributed by atoms with van der Waals surface area (Å²) in [7, 11) is 0. The lowest BCUT2D eigenvalue weighted by Crippen LogP contribution is -2.43. The van der Waals surface area contributed by atoms with Gasteiger partial charge in [0.15, 0.2) is 0 Å². The Morgan fingerprint density at radius 1 is 1.18 bits per heavy atom. The summed E-state index contributed by atoms with van der Waals surface area (Å²) < 4.78 is 19.1. The molecule has 2 aromatic rings. The van der Waals surface area contributed by atoms with E-state index in [1.807, 2.05) is 37.3 Å². The molecular weight excluding hydrogens is 357 g/mol. The lowest BCUT2D eigenvalue weighted by Gasteiger charge is -2.29. The number of ether oxygens (including phenoxy) is 1. The molecule has 2 aromatic carbocycles. The van der Waals surface area contributed by atoms with E-state index in [-0.39, 0.29) is 17.8 Å². The Balaban J connectivity index is 1.63. The van der Waals surface area contributed by atoms with Crippen molar-refractivity contribution in [2.75, 3.05) is 32.8 Å². The Morgan fingerprint density at radius 2 is 1.96 bits per heavy atom. The van der Waals surface area contributed by atoms with E-state index < -0.39 is 0 Å². The molecule has 2 aliphatic heterocycles. The number of hydrogen-bond donors (Lipinski definition) is 0. The molecular formula is C22H24FN3O2. The van der Waals surface area contributed by atoms with Gasteiger partial charge in [0.05, 0.1) is 31.5 Å². The predicted octanol–water partition coefficient (Wildman–Crippen LogP) is 3.14. The molecule has 0 bridgehead atoms. The first-order valence-electron chi connectivity index (χ1n) is 9.63. The quantitative estimate of drug-likeness (QED) is 0.817. The van der Waals surface area contributed by atoms with Gasteiger partial charge in [-0.05, 0) is 30.2 Å². The van der Waals surface area contributed by atoms with Crippen LogP contribution in [0.5, 0.6) is 0 Å². The standard InChI is InChI=1S/C22H24FN3O2/c1-16-5-2-3-8-19(16)21-14-20(17-6-4-7-18(23)13-17)24-26(21)22(27)15-25-9-11-28-12-10-25/h2-8,13,21H,9-12,14-15H2,1H3. The maximum absolute atomic E-state index is 13.7. The van der Waals surface area contributed by atoms with E-state index in [9.17, 15) is 9.18 Å². The highest BCUT2D eigenvalue weighted by Crippen LogP contribution is 2.34. The summed E-state index contributed by atoms with van der Waals surface area (Å²) in [5, 5.41) is 6.23. The van der Waals surface area contributed by atoms with Crippen molar-refractivity contribution < 1.29 is 13.9 Å². The second kappa shape index (κ2) is 8.20. The molecule has 4 rings (SSSR count). The van der Waals surface area contributed by atoms with Gasteiger partial charge in [-0.25, -0.2) is 9.40 Å². The van der Waals surface area contributed by atoms with Crippen molar-refractivity contribution in [2.45, 2.75) is 19.4 Å². The van der Waals surface area contributed by atoms with E-state index in [4.69, 9.17) is 4.74 Å². The van der Waals surface area contributed by atoms with Crippen LogP contribution in [-0.4, -0.2) is 54.4 Å². The van der Waals surface area contributed by atoms with Gasteiger partial charge >= 0.3 is 0 Å². The third-order valence-electron chi connectivity index (χ3n) is 5.33. The van der Waals surface area contributed by atoms with Crippen molar-refractivity contribution in [2.24, 2.45) is 5.10 Å². The van der Waals surface area contributed by atoms with E-state index in [1.54, 1.807) is 11.1 Å². The van der Waals surface area contributed by atoms with Gasteiger partial charge in [0.1, 0.15) is 5.82 Å². The molecule has 1 amide bonds. The second-order valence-corrected chi connectivity index (χ2v) is 7.26. The Labute approximate surface area is 164 Å². The molecule has 0 N–H and O–H groups in total. The number of benzene rings is 2. The number of nitrogens with zero attached hydrogens (tertiary/aromatic N) is 3. The van der Waals surface area contributed by atoms with Crippen LogP contribution >= 0.6 is 0 Å². The highest BCUT2D eigenvalue weighted by molar-refractivity contribution is 6.03. The first-order valence-corrected chi connectivity index (χ1v) is 9.63. The zero-order valence-electron chi connectivity index (χ0n) is 16.0. The number of carbonyl (C=O) groups excluding carboxylic acids is 1. The van der Waals surface area contributed by atoms with Crippen LogP contribution in [-0.2, 0) is 9.53 Å². The van der Waals surface area contributed by atoms with Crippen molar-refractivity contribution in [3.05, 3.63) is 71.0 Å². The number of hydrazone groups is 1. The fraction of sp³-hybridized carbons (Fsp3) is 0.364. The average Bonchev–Trinajstić information content (AvgIpc) is 3.14. The lowest BCUT2D eigenvalue weighted by molar-refractivity contribution is -0.135. The van der Waals surface area contributed by atoms with Gasteiger partial charge in [0, 0.05) is 25.1 Å². The molecule has 0 saturated carbocycles. The number of morpholine rings is 1. The van der Waals surface area contributed by atoms with E-state index in [2.05, 4.69) is 10.0 Å². The van der Waals surface area contributed by atoms with Crippen LogP contribution in [0.4, 0.5) is 4.39 Å². The van der Waals surface area contributed by atoms with Gasteiger partial charge < -0.3 is 4.74 Å². The minimum absolute atomic E-state index is 0.0402. The predicted molar refractivity (Wildman–Crippen MR) is 106 cm³/mol. The molecule has 1 fully saturated rings. The molecule has 146 valence electrons. The summed E-state index contributed by atoms with van der Waals surface area (Å²) in [6, 6.07) is 14.3. The summed E-state index contributed by atoms with van der Waals surface area (Å²) in [6.45, 7) is 5.13. The number of amides is 1. The van der Waals surface area contributed by atoms with E-state index in [0.717, 1.165) is 35.5 Å². The number of aryl methyl sites for hydroxylation is 1. The van der Waals surface area contributed by atoms with Crippen LogP contribution in [0.3, 0.4) is 0 Å². The van der Waals surface area contributed by atoms with Gasteiger partial charge in [0.2, 0.25) is 0 Å². The normalized spacial score (nSPS) is 20.3. The molecule has 0 radical (unpaired) electrons.